The Bertz CT molecular complexity index is 1340. The second-order valence-electron chi connectivity index (χ2n) is 9.47. The van der Waals surface area contributed by atoms with Crippen LogP contribution in [-0.2, 0) is 13.0 Å². The molecule has 2 N–H and O–H groups in total. The third kappa shape index (κ3) is 7.22. The first-order valence-corrected chi connectivity index (χ1v) is 13.0. The van der Waals surface area contributed by atoms with E-state index >= 15 is 0 Å². The lowest BCUT2D eigenvalue weighted by atomic mass is 10.1. The molecule has 38 heavy (non-hydrogen) atoms. The van der Waals surface area contributed by atoms with Gasteiger partial charge in [0, 0.05) is 42.5 Å². The Hall–Kier alpha value is -4.13. The quantitative estimate of drug-likeness (QED) is 0.221. The maximum absolute atomic E-state index is 13.4. The third-order valence-electron chi connectivity index (χ3n) is 6.57. The molecule has 0 aliphatic heterocycles. The van der Waals surface area contributed by atoms with Crippen LogP contribution in [0.3, 0.4) is 0 Å². The van der Waals surface area contributed by atoms with E-state index in [9.17, 15) is 9.18 Å². The SMILES string of the molecule is CCc1ccc(NC(=O)N(CCCC(C)Nc2cc(OC)cc3cccnc23)Cc2ccc(F)cc2)cc1. The van der Waals surface area contributed by atoms with Crippen LogP contribution in [0.25, 0.3) is 10.9 Å². The van der Waals surface area contributed by atoms with Gasteiger partial charge in [0.05, 0.1) is 18.3 Å². The lowest BCUT2D eigenvalue weighted by Gasteiger charge is -2.25. The Labute approximate surface area is 223 Å². The predicted molar refractivity (Wildman–Crippen MR) is 152 cm³/mol. The van der Waals surface area contributed by atoms with E-state index in [1.807, 2.05) is 48.5 Å². The molecule has 0 saturated heterocycles. The molecule has 1 aromatic heterocycles. The Balaban J connectivity index is 1.41. The summed E-state index contributed by atoms with van der Waals surface area (Å²) >= 11 is 0. The number of hydrogen-bond donors (Lipinski definition) is 2. The Morgan fingerprint density at radius 3 is 2.50 bits per heavy atom. The van der Waals surface area contributed by atoms with Crippen molar-refractivity contribution < 1.29 is 13.9 Å². The van der Waals surface area contributed by atoms with E-state index in [4.69, 9.17) is 4.74 Å². The Morgan fingerprint density at radius 2 is 1.79 bits per heavy atom. The summed E-state index contributed by atoms with van der Waals surface area (Å²) in [5.41, 5.74) is 4.66. The van der Waals surface area contributed by atoms with Gasteiger partial charge in [-0.15, -0.1) is 0 Å². The van der Waals surface area contributed by atoms with Crippen LogP contribution in [0.15, 0.2) is 79.0 Å². The van der Waals surface area contributed by atoms with Gasteiger partial charge < -0.3 is 20.3 Å². The van der Waals surface area contributed by atoms with E-state index in [-0.39, 0.29) is 17.9 Å². The van der Waals surface area contributed by atoms with E-state index in [1.54, 1.807) is 30.3 Å². The van der Waals surface area contributed by atoms with E-state index < -0.39 is 0 Å². The smallest absolute Gasteiger partial charge is 0.322 e. The number of pyridine rings is 1. The first-order valence-electron chi connectivity index (χ1n) is 13.0. The molecule has 0 radical (unpaired) electrons. The summed E-state index contributed by atoms with van der Waals surface area (Å²) < 4.78 is 18.9. The summed E-state index contributed by atoms with van der Waals surface area (Å²) in [6.07, 6.45) is 4.35. The van der Waals surface area contributed by atoms with Gasteiger partial charge in [0.25, 0.3) is 0 Å². The van der Waals surface area contributed by atoms with Crippen LogP contribution in [0.2, 0.25) is 0 Å². The second kappa shape index (κ2) is 12.9. The zero-order valence-corrected chi connectivity index (χ0v) is 22.2. The molecule has 4 aromatic rings. The van der Waals surface area contributed by atoms with Crippen molar-refractivity contribution in [3.05, 3.63) is 95.9 Å². The van der Waals surface area contributed by atoms with E-state index in [1.165, 1.54) is 17.7 Å². The van der Waals surface area contributed by atoms with Crippen molar-refractivity contribution in [1.29, 1.82) is 0 Å². The molecule has 0 spiro atoms. The second-order valence-corrected chi connectivity index (χ2v) is 9.47. The summed E-state index contributed by atoms with van der Waals surface area (Å²) in [6, 6.07) is 22.0. The number of ether oxygens (including phenoxy) is 1. The van der Waals surface area contributed by atoms with Crippen LogP contribution in [0.5, 0.6) is 5.75 Å². The molecule has 198 valence electrons. The van der Waals surface area contributed by atoms with E-state index in [0.29, 0.717) is 13.1 Å². The van der Waals surface area contributed by atoms with Crippen molar-refractivity contribution in [2.45, 2.75) is 45.7 Å². The van der Waals surface area contributed by atoms with Gasteiger partial charge in [-0.05, 0) is 73.7 Å². The van der Waals surface area contributed by atoms with Crippen LogP contribution in [0.1, 0.15) is 37.8 Å². The molecule has 0 bridgehead atoms. The van der Waals surface area contributed by atoms with Gasteiger partial charge in [-0.3, -0.25) is 4.98 Å². The number of hydrogen-bond acceptors (Lipinski definition) is 4. The van der Waals surface area contributed by atoms with Crippen LogP contribution in [-0.4, -0.2) is 35.6 Å². The number of aryl methyl sites for hydroxylation is 1. The zero-order valence-electron chi connectivity index (χ0n) is 22.2. The monoisotopic (exact) mass is 514 g/mol. The van der Waals surface area contributed by atoms with Crippen LogP contribution in [0.4, 0.5) is 20.6 Å². The van der Waals surface area contributed by atoms with E-state index in [2.05, 4.69) is 29.5 Å². The average molecular weight is 515 g/mol. The predicted octanol–water partition coefficient (Wildman–Crippen LogP) is 7.26. The molecule has 0 saturated carbocycles. The van der Waals surface area contributed by atoms with Crippen molar-refractivity contribution in [1.82, 2.24) is 9.88 Å². The molecular weight excluding hydrogens is 479 g/mol. The fourth-order valence-electron chi connectivity index (χ4n) is 4.41. The Kier molecular flexibility index (Phi) is 9.14. The maximum atomic E-state index is 13.4. The molecule has 0 fully saturated rings. The van der Waals surface area contributed by atoms with Crippen LogP contribution in [0, 0.1) is 5.82 Å². The number of carbonyl (C=O) groups excluding carboxylic acids is 1. The van der Waals surface area contributed by atoms with Crippen LogP contribution >= 0.6 is 0 Å². The van der Waals surface area contributed by atoms with Crippen molar-refractivity contribution in [2.24, 2.45) is 0 Å². The third-order valence-corrected chi connectivity index (χ3v) is 6.57. The topological polar surface area (TPSA) is 66.5 Å². The Morgan fingerprint density at radius 1 is 1.05 bits per heavy atom. The highest BCUT2D eigenvalue weighted by Gasteiger charge is 2.16. The maximum Gasteiger partial charge on any atom is 0.322 e. The minimum Gasteiger partial charge on any atom is -0.497 e. The lowest BCUT2D eigenvalue weighted by molar-refractivity contribution is 0.207. The number of nitrogens with one attached hydrogen (secondary N) is 2. The van der Waals surface area contributed by atoms with Gasteiger partial charge >= 0.3 is 6.03 Å². The van der Waals surface area contributed by atoms with Gasteiger partial charge in [-0.2, -0.15) is 0 Å². The number of nitrogens with zero attached hydrogens (tertiary/aromatic N) is 2. The fraction of sp³-hybridized carbons (Fsp3) is 0.290. The number of amides is 2. The summed E-state index contributed by atoms with van der Waals surface area (Å²) in [6.45, 7) is 5.17. The van der Waals surface area contributed by atoms with Gasteiger partial charge in [0.15, 0.2) is 0 Å². The molecule has 6 nitrogen and oxygen atoms in total. The molecule has 1 atom stereocenters. The van der Waals surface area contributed by atoms with Crippen molar-refractivity contribution >= 4 is 28.3 Å². The van der Waals surface area contributed by atoms with Crippen molar-refractivity contribution in [3.8, 4) is 5.75 Å². The minimum absolute atomic E-state index is 0.143. The minimum atomic E-state index is -0.291. The van der Waals surface area contributed by atoms with Gasteiger partial charge in [0.1, 0.15) is 11.6 Å². The summed E-state index contributed by atoms with van der Waals surface area (Å²) in [5.74, 6) is 0.481. The van der Waals surface area contributed by atoms with Gasteiger partial charge in [0.2, 0.25) is 0 Å². The highest BCUT2D eigenvalue weighted by molar-refractivity contribution is 5.92. The zero-order chi connectivity index (χ0) is 26.9. The molecule has 2 amide bonds. The first-order chi connectivity index (χ1) is 18.4. The molecule has 7 heteroatoms. The molecule has 1 unspecified atom stereocenters. The molecule has 4 rings (SSSR count). The largest absolute Gasteiger partial charge is 0.497 e. The molecule has 3 aromatic carbocycles. The molecule has 1 heterocycles. The van der Waals surface area contributed by atoms with Crippen LogP contribution < -0.4 is 15.4 Å². The number of urea groups is 1. The number of aromatic nitrogens is 1. The normalized spacial score (nSPS) is 11.7. The summed E-state index contributed by atoms with van der Waals surface area (Å²) in [7, 11) is 1.66. The molecule has 0 aliphatic carbocycles. The van der Waals surface area contributed by atoms with Crippen molar-refractivity contribution in [3.63, 3.8) is 0 Å². The number of rotatable bonds is 11. The highest BCUT2D eigenvalue weighted by atomic mass is 19.1. The number of carbonyl (C=O) groups is 1. The highest BCUT2D eigenvalue weighted by Crippen LogP contribution is 2.28. The van der Waals surface area contributed by atoms with Gasteiger partial charge in [-0.1, -0.05) is 37.3 Å². The number of benzene rings is 3. The number of fused-ring (bicyclic) bond motifs is 1. The summed E-state index contributed by atoms with van der Waals surface area (Å²) in [5, 5.41) is 7.59. The molecule has 0 aliphatic rings. The van der Waals surface area contributed by atoms with E-state index in [0.717, 1.165) is 52.9 Å². The fourth-order valence-corrected chi connectivity index (χ4v) is 4.41. The lowest BCUT2D eigenvalue weighted by Crippen LogP contribution is -2.35. The first kappa shape index (κ1) is 26.9. The standard InChI is InChI=1S/C31H35FN4O2/c1-4-23-11-15-27(16-12-23)35-31(37)36(21-24-9-13-26(32)14-10-24)18-6-7-22(2)34-29-20-28(38-3)19-25-8-5-17-33-30(25)29/h5,8-17,19-20,22,34H,4,6-7,18,21H2,1-3H3,(H,35,37). The number of halogens is 1. The number of anilines is 2. The molecular formula is C31H35FN4O2. The van der Waals surface area contributed by atoms with Gasteiger partial charge in [-0.25, -0.2) is 9.18 Å². The number of methoxy groups -OCH3 is 1. The average Bonchev–Trinajstić information content (AvgIpc) is 2.93. The van der Waals surface area contributed by atoms with Crippen molar-refractivity contribution in [2.75, 3.05) is 24.3 Å². The summed E-state index contributed by atoms with van der Waals surface area (Å²) in [4.78, 5) is 19.5.